The predicted molar refractivity (Wildman–Crippen MR) is 491 cm³/mol. The maximum atomic E-state index is 13.4. The number of likely N-dealkylation sites (tertiary alicyclic amines) is 1. The van der Waals surface area contributed by atoms with Crippen LogP contribution in [0.1, 0.15) is 135 Å². The first kappa shape index (κ1) is 96.9. The van der Waals surface area contributed by atoms with E-state index in [1.165, 1.54) is 75.0 Å². The number of esters is 1. The Bertz CT molecular complexity index is 5730. The number of ether oxygens (including phenoxy) is 2. The Labute approximate surface area is 750 Å². The molecule has 3 saturated heterocycles. The zero-order valence-electron chi connectivity index (χ0n) is 73.3. The molecule has 672 valence electrons. The van der Waals surface area contributed by atoms with Crippen molar-refractivity contribution in [3.63, 3.8) is 0 Å². The minimum absolute atomic E-state index is 0.0807. The number of amides is 5. The molecule has 5 amide bonds. The summed E-state index contributed by atoms with van der Waals surface area (Å²) >= 11 is 2.88. The number of carbonyl (C=O) groups excluding carboxylic acids is 7. The van der Waals surface area contributed by atoms with Gasteiger partial charge < -0.3 is 55.0 Å². The van der Waals surface area contributed by atoms with Crippen molar-refractivity contribution >= 4 is 98.4 Å². The maximum absolute atomic E-state index is 13.4. The van der Waals surface area contributed by atoms with Crippen LogP contribution >= 0.6 is 22.9 Å². The number of aryl methyl sites for hydroxylation is 5. The highest BCUT2D eigenvalue weighted by atomic mass is 32.1. The molecule has 7 heterocycles. The third-order valence-electron chi connectivity index (χ3n) is 21.0. The minimum Gasteiger partial charge on any atom is -0.495 e. The van der Waals surface area contributed by atoms with Gasteiger partial charge in [-0.25, -0.2) is 29.3 Å². The lowest BCUT2D eigenvalue weighted by Gasteiger charge is -2.37. The van der Waals surface area contributed by atoms with E-state index in [2.05, 4.69) is 75.3 Å². The topological polar surface area (TPSA) is 318 Å². The van der Waals surface area contributed by atoms with Gasteiger partial charge in [-0.3, -0.25) is 24.1 Å². The van der Waals surface area contributed by atoms with Crippen LogP contribution in [0.4, 0.5) is 44.7 Å². The minimum atomic E-state index is -4.81. The fourth-order valence-corrected chi connectivity index (χ4v) is 15.7. The van der Waals surface area contributed by atoms with Gasteiger partial charge in [0.2, 0.25) is 16.9 Å². The van der Waals surface area contributed by atoms with E-state index in [1.54, 1.807) is 44.8 Å². The number of piperazine rings is 1. The standard InChI is InChI=1S/C27H33N5O4.C26H31F4N3O2.C15H14N2O.C14H17N3OS.C13H12N2OS.CO2/c1-6-36-24(34)16-28-27(35)31(18(2)3)17-23(33)29-26-25(21-10-8-7-9-11-21)20(5)30-32(26)22-14-12-19(4)13-15-22;1-18-4-3-9-31(16-18)17-19-5-8-24(35-2)23(14-19)32-10-12-33(13-11-32)25(34)21-7-6-20(27)15-22(21)26(28,29)30;1-9-3-6-14-13(7-9)17-15(18-14)11-4-5-12(16)10(2)8-11;18-10-12-5-3-4-11(8-12)9-13-15-14(19-16-13)17-6-1-2-7-17;1-10-4-6-11(7-5-10)9-14-15-13(16)12-3-2-8-17-12;2-1-3/h7-15,18H,6,16-17H2,1-5H3,(H,28,35)(H,29,33);5-8,14-15,18H,3-4,9-13,16-17H2,1-2H3;3-8H,16H2,1-2H3;3-5,8,18H,1-2,6-7,9-10H2;2-9H,1H3,(H,15,16);/b;;;;14-9+;. The highest BCUT2D eigenvalue weighted by molar-refractivity contribution is 7.12. The number of piperidine rings is 1. The monoisotopic (exact) mass is 1790 g/mol. The SMILES string of the molecule is CCOC(=O)CNC(=O)N(CC(=O)Nc1c(-c2ccccc2)c(C)nn1-c1ccc(C)cc1)C(C)C.COc1ccc(CN2CCCC(C)C2)cc1N1CCN(C(=O)c2ccc(F)cc2C(F)(F)F)CC1.Cc1ccc(/C=N/NC(=O)c2cccs2)cc1.Cc1ccc2oc(-c3ccc(N)c(C)c3)nc2c1.O=C=O.OCc1cccc(Cc2nsc(N3CCCC3)n2)c1. The van der Waals surface area contributed by atoms with E-state index in [0.717, 1.165) is 146 Å². The number of hydrogen-bond donors (Lipinski definition) is 5. The molecule has 15 rings (SSSR count). The maximum Gasteiger partial charge on any atom is 0.417 e. The lowest BCUT2D eigenvalue weighted by Crippen LogP contribution is -2.49. The number of nitrogens with two attached hydrogens (primary N) is 1. The van der Waals surface area contributed by atoms with E-state index in [4.69, 9.17) is 39.4 Å². The first-order valence-electron chi connectivity index (χ1n) is 42.0. The van der Waals surface area contributed by atoms with Crippen LogP contribution in [0, 0.1) is 46.4 Å². The van der Waals surface area contributed by atoms with E-state index in [0.29, 0.717) is 41.7 Å². The Morgan fingerprint density at radius 3 is 2.11 bits per heavy atom. The second kappa shape index (κ2) is 47.3. The molecule has 6 N–H and O–H groups in total. The first-order chi connectivity index (χ1) is 61.5. The summed E-state index contributed by atoms with van der Waals surface area (Å²) < 4.78 is 75.9. The number of aliphatic hydroxyl groups excluding tert-OH is 1. The van der Waals surface area contributed by atoms with Gasteiger partial charge in [0.25, 0.3) is 11.8 Å². The number of rotatable bonds is 22. The van der Waals surface area contributed by atoms with Crippen molar-refractivity contribution in [3.8, 4) is 34.0 Å². The van der Waals surface area contributed by atoms with Crippen LogP contribution < -0.4 is 36.3 Å². The van der Waals surface area contributed by atoms with Gasteiger partial charge in [-0.15, -0.1) is 11.3 Å². The summed E-state index contributed by atoms with van der Waals surface area (Å²) in [6.45, 7) is 24.0. The first-order valence-corrected chi connectivity index (χ1v) is 43.6. The number of halogens is 4. The number of oxazole rings is 1. The number of hydrogen-bond acceptors (Lipinski definition) is 22. The van der Waals surface area contributed by atoms with Gasteiger partial charge in [0.1, 0.15) is 41.8 Å². The molecule has 3 aliphatic heterocycles. The number of fused-ring (bicyclic) bond motifs is 1. The van der Waals surface area contributed by atoms with Gasteiger partial charge in [-0.05, 0) is 217 Å². The third kappa shape index (κ3) is 28.1. The Morgan fingerprint density at radius 1 is 0.750 bits per heavy atom. The molecule has 1 unspecified atom stereocenters. The quantitative estimate of drug-likeness (QED) is 0.0138. The second-order valence-corrected chi connectivity index (χ2v) is 32.9. The average molecular weight is 1790 g/mol. The summed E-state index contributed by atoms with van der Waals surface area (Å²) in [7, 11) is 1.61. The molecule has 0 aliphatic carbocycles. The number of aliphatic hydroxyl groups is 1. The van der Waals surface area contributed by atoms with Gasteiger partial charge in [0, 0.05) is 93.2 Å². The molecule has 12 aromatic rings. The van der Waals surface area contributed by atoms with Crippen molar-refractivity contribution in [3.05, 3.63) is 271 Å². The molecule has 3 fully saturated rings. The Kier molecular flexibility index (Phi) is 35.9. The summed E-state index contributed by atoms with van der Waals surface area (Å²) in [5, 5.41) is 26.2. The molecule has 1 atom stereocenters. The van der Waals surface area contributed by atoms with Crippen molar-refractivity contribution < 1.29 is 70.1 Å². The molecule has 0 bridgehead atoms. The number of hydrazone groups is 1. The zero-order chi connectivity index (χ0) is 92.0. The molecule has 32 heteroatoms. The number of alkyl halides is 3. The van der Waals surface area contributed by atoms with Gasteiger partial charge >= 0.3 is 24.3 Å². The second-order valence-electron chi connectivity index (χ2n) is 31.2. The number of anilines is 4. The number of nitrogens with one attached hydrogen (secondary N) is 3. The summed E-state index contributed by atoms with van der Waals surface area (Å²) in [5.74, 6) is 0.572. The molecule has 128 heavy (non-hydrogen) atoms. The fraction of sp³-hybridized carbons (Fsp3) is 0.323. The molecule has 26 nitrogen and oxygen atoms in total. The Morgan fingerprint density at radius 2 is 1.45 bits per heavy atom. The van der Waals surface area contributed by atoms with Gasteiger partial charge in [-0.1, -0.05) is 127 Å². The molecule has 0 spiro atoms. The molecule has 8 aromatic carbocycles. The number of nitrogen functional groups attached to an aromatic ring is 1. The highest BCUT2D eigenvalue weighted by Crippen LogP contribution is 2.38. The summed E-state index contributed by atoms with van der Waals surface area (Å²) in [5.41, 5.74) is 22.9. The number of thiophene rings is 1. The van der Waals surface area contributed by atoms with Crippen LogP contribution in [0.2, 0.25) is 0 Å². The van der Waals surface area contributed by atoms with E-state index >= 15 is 0 Å². The molecule has 0 radical (unpaired) electrons. The van der Waals surface area contributed by atoms with Gasteiger partial charge in [-0.2, -0.15) is 37.3 Å². The van der Waals surface area contributed by atoms with Crippen molar-refractivity contribution in [2.75, 3.05) is 100 Å². The normalized spacial score (nSPS) is 13.7. The summed E-state index contributed by atoms with van der Waals surface area (Å²) in [4.78, 5) is 97.6. The van der Waals surface area contributed by atoms with Crippen LogP contribution in [0.25, 0.3) is 39.4 Å². The number of benzene rings is 8. The van der Waals surface area contributed by atoms with Crippen molar-refractivity contribution in [2.45, 2.75) is 120 Å². The largest absolute Gasteiger partial charge is 0.495 e. The van der Waals surface area contributed by atoms with Crippen molar-refractivity contribution in [2.24, 2.45) is 11.0 Å². The average Bonchev–Trinajstić information content (AvgIpc) is 1.64. The smallest absolute Gasteiger partial charge is 0.417 e. The lowest BCUT2D eigenvalue weighted by atomic mass is 9.99. The fourth-order valence-electron chi connectivity index (χ4n) is 14.4. The molecule has 0 saturated carbocycles. The molecular formula is C96H107F4N15O11S2. The number of nitrogens with zero attached hydrogens (tertiary/aromatic N) is 11. The molecule has 4 aromatic heterocycles. The zero-order valence-corrected chi connectivity index (χ0v) is 74.9. The molecule has 3 aliphatic rings. The number of aromatic nitrogens is 5. The predicted octanol–water partition coefficient (Wildman–Crippen LogP) is 17.3. The third-order valence-corrected chi connectivity index (χ3v) is 22.7. The van der Waals surface area contributed by atoms with Crippen molar-refractivity contribution in [1.29, 1.82) is 0 Å². The Hall–Kier alpha value is -13.3. The van der Waals surface area contributed by atoms with E-state index in [-0.39, 0.29) is 63.4 Å². The van der Waals surface area contributed by atoms with Crippen LogP contribution in [0.5, 0.6) is 5.75 Å². The van der Waals surface area contributed by atoms with E-state index in [9.17, 15) is 41.5 Å². The van der Waals surface area contributed by atoms with Crippen molar-refractivity contribution in [1.82, 2.24) is 49.6 Å². The van der Waals surface area contributed by atoms with Crippen LogP contribution in [-0.2, 0) is 49.7 Å². The highest BCUT2D eigenvalue weighted by Gasteiger charge is 2.38. The number of urea groups is 1. The molecular weight excluding hydrogens is 1680 g/mol. The number of carbonyl (C=O) groups is 5. The van der Waals surface area contributed by atoms with Crippen LogP contribution in [0.3, 0.4) is 0 Å². The van der Waals surface area contributed by atoms with Crippen LogP contribution in [0.15, 0.2) is 203 Å². The number of methoxy groups -OCH3 is 1. The van der Waals surface area contributed by atoms with E-state index in [1.807, 2.05) is 186 Å². The Balaban J connectivity index is 0.000000171. The van der Waals surface area contributed by atoms with Gasteiger partial charge in [0.05, 0.1) is 59.6 Å². The summed E-state index contributed by atoms with van der Waals surface area (Å²) in [6.07, 6.45) is 2.78. The summed E-state index contributed by atoms with van der Waals surface area (Å²) in [6, 6.07) is 56.3. The van der Waals surface area contributed by atoms with E-state index < -0.39 is 41.0 Å². The van der Waals surface area contributed by atoms with Crippen LogP contribution in [-0.4, -0.2) is 171 Å². The lowest BCUT2D eigenvalue weighted by molar-refractivity contribution is -0.191. The van der Waals surface area contributed by atoms with Gasteiger partial charge in [0.15, 0.2) is 5.58 Å².